The largest absolute Gasteiger partial charge is 0.404 e. The lowest BCUT2D eigenvalue weighted by molar-refractivity contribution is -0.117. The summed E-state index contributed by atoms with van der Waals surface area (Å²) in [6.45, 7) is 5.04. The number of nitrogens with two attached hydrogens (primary N) is 1. The first-order chi connectivity index (χ1) is 13.1. The molecule has 0 aliphatic rings. The molecule has 0 radical (unpaired) electrons. The van der Waals surface area contributed by atoms with E-state index in [4.69, 9.17) is 10.3 Å². The Morgan fingerprint density at radius 2 is 2.26 bits per heavy atom. The number of nitrogens with one attached hydrogen (secondary N) is 1. The molecule has 3 rings (SSSR count). The van der Waals surface area contributed by atoms with Gasteiger partial charge < -0.3 is 20.1 Å². The van der Waals surface area contributed by atoms with Crippen molar-refractivity contribution in [3.05, 3.63) is 47.4 Å². The van der Waals surface area contributed by atoms with E-state index in [1.807, 2.05) is 6.07 Å². The number of aryl methyl sites for hydroxylation is 2. The van der Waals surface area contributed by atoms with Crippen molar-refractivity contribution in [2.24, 2.45) is 10.7 Å². The van der Waals surface area contributed by atoms with Crippen molar-refractivity contribution >= 4 is 23.0 Å². The fourth-order valence-electron chi connectivity index (χ4n) is 2.96. The monoisotopic (exact) mass is 366 g/mol. The van der Waals surface area contributed by atoms with Crippen LogP contribution in [0.15, 0.2) is 45.6 Å². The van der Waals surface area contributed by atoms with Gasteiger partial charge in [-0.3, -0.25) is 9.79 Å². The lowest BCUT2D eigenvalue weighted by Crippen LogP contribution is -2.26. The van der Waals surface area contributed by atoms with Gasteiger partial charge in [-0.05, 0) is 31.5 Å². The van der Waals surface area contributed by atoms with E-state index in [9.17, 15) is 4.79 Å². The molecule has 3 N–H and O–H groups in total. The predicted octanol–water partition coefficient (Wildman–Crippen LogP) is 2.18. The van der Waals surface area contributed by atoms with E-state index in [1.54, 1.807) is 7.05 Å². The van der Waals surface area contributed by atoms with Gasteiger partial charge in [0.25, 0.3) is 11.8 Å². The number of hydrogen-bond acceptors (Lipinski definition) is 6. The first kappa shape index (κ1) is 18.4. The highest BCUT2D eigenvalue weighted by Gasteiger charge is 2.17. The standard InChI is InChI=1S/C19H22N6O2/c1-4-25-15-7-5-6-12(2)14(15)8-16(25)19-23-17(24-27-19)11-22-18(26)13(9-20)10-21-3/h5-10H,4,11,20H2,1-3H3,(H,22,26)/b13-9+,21-10?. The second-order valence-corrected chi connectivity index (χ2v) is 5.99. The fraction of sp³-hybridized carbons (Fsp3) is 0.263. The van der Waals surface area contributed by atoms with Gasteiger partial charge in [-0.15, -0.1) is 0 Å². The molecular weight excluding hydrogens is 344 g/mol. The minimum atomic E-state index is -0.354. The van der Waals surface area contributed by atoms with Gasteiger partial charge in [0.2, 0.25) is 0 Å². The molecule has 0 spiro atoms. The number of amides is 1. The van der Waals surface area contributed by atoms with Gasteiger partial charge in [-0.1, -0.05) is 17.3 Å². The van der Waals surface area contributed by atoms with Gasteiger partial charge in [0, 0.05) is 36.9 Å². The second kappa shape index (κ2) is 7.86. The quantitative estimate of drug-likeness (QED) is 0.513. The minimum absolute atomic E-state index is 0.128. The van der Waals surface area contributed by atoms with Crippen LogP contribution in [-0.4, -0.2) is 33.9 Å². The molecule has 0 saturated heterocycles. The van der Waals surface area contributed by atoms with Crippen LogP contribution in [-0.2, 0) is 17.9 Å². The molecule has 0 saturated carbocycles. The Kier molecular flexibility index (Phi) is 5.35. The number of aliphatic imine (C=N–C) groups is 1. The molecule has 1 aromatic carbocycles. The van der Waals surface area contributed by atoms with E-state index in [1.165, 1.54) is 18.0 Å². The van der Waals surface area contributed by atoms with E-state index in [-0.39, 0.29) is 18.0 Å². The Bertz CT molecular complexity index is 1030. The summed E-state index contributed by atoms with van der Waals surface area (Å²) in [7, 11) is 1.57. The molecule has 0 aliphatic heterocycles. The molecule has 2 aromatic heterocycles. The first-order valence-corrected chi connectivity index (χ1v) is 8.63. The van der Waals surface area contributed by atoms with Crippen LogP contribution >= 0.6 is 0 Å². The van der Waals surface area contributed by atoms with E-state index < -0.39 is 0 Å². The molecule has 2 heterocycles. The minimum Gasteiger partial charge on any atom is -0.404 e. The maximum atomic E-state index is 12.0. The van der Waals surface area contributed by atoms with Crippen molar-refractivity contribution in [2.45, 2.75) is 26.9 Å². The summed E-state index contributed by atoms with van der Waals surface area (Å²) in [5.41, 5.74) is 8.85. The summed E-state index contributed by atoms with van der Waals surface area (Å²) >= 11 is 0. The second-order valence-electron chi connectivity index (χ2n) is 5.99. The number of benzene rings is 1. The summed E-state index contributed by atoms with van der Waals surface area (Å²) < 4.78 is 7.56. The van der Waals surface area contributed by atoms with Crippen molar-refractivity contribution in [1.82, 2.24) is 20.0 Å². The van der Waals surface area contributed by atoms with Gasteiger partial charge >= 0.3 is 0 Å². The summed E-state index contributed by atoms with van der Waals surface area (Å²) in [5, 5.41) is 7.81. The topological polar surface area (TPSA) is 111 Å². The first-order valence-electron chi connectivity index (χ1n) is 8.63. The molecule has 1 amide bonds. The summed E-state index contributed by atoms with van der Waals surface area (Å²) in [5.74, 6) is 0.446. The number of rotatable bonds is 6. The van der Waals surface area contributed by atoms with Crippen molar-refractivity contribution in [3.63, 3.8) is 0 Å². The number of nitrogens with zero attached hydrogens (tertiary/aromatic N) is 4. The fourth-order valence-corrected chi connectivity index (χ4v) is 2.96. The van der Waals surface area contributed by atoms with Crippen LogP contribution in [0.3, 0.4) is 0 Å². The normalized spacial score (nSPS) is 12.2. The molecule has 27 heavy (non-hydrogen) atoms. The van der Waals surface area contributed by atoms with E-state index in [2.05, 4.69) is 57.1 Å². The SMILES string of the molecule is CCn1c(-c2nc(CNC(=O)/C(C=NC)=C/N)no2)cc2c(C)cccc21. The van der Waals surface area contributed by atoms with Crippen LogP contribution in [0.4, 0.5) is 0 Å². The van der Waals surface area contributed by atoms with Crippen molar-refractivity contribution in [3.8, 4) is 11.6 Å². The van der Waals surface area contributed by atoms with Gasteiger partial charge in [0.1, 0.15) is 5.69 Å². The highest BCUT2D eigenvalue weighted by atomic mass is 16.5. The van der Waals surface area contributed by atoms with Gasteiger partial charge in [-0.25, -0.2) is 0 Å². The van der Waals surface area contributed by atoms with E-state index in [0.29, 0.717) is 11.7 Å². The van der Waals surface area contributed by atoms with Crippen molar-refractivity contribution in [2.75, 3.05) is 7.05 Å². The Hall–Kier alpha value is -3.42. The van der Waals surface area contributed by atoms with Crippen LogP contribution in [0.2, 0.25) is 0 Å². The van der Waals surface area contributed by atoms with E-state index in [0.717, 1.165) is 23.1 Å². The summed E-state index contributed by atoms with van der Waals surface area (Å²) in [6.07, 6.45) is 2.59. The van der Waals surface area contributed by atoms with Gasteiger partial charge in [0.15, 0.2) is 5.82 Å². The molecule has 0 fully saturated rings. The van der Waals surface area contributed by atoms with Crippen LogP contribution in [0.25, 0.3) is 22.5 Å². The average molecular weight is 366 g/mol. The summed E-state index contributed by atoms with van der Waals surface area (Å²) in [4.78, 5) is 20.2. The molecule has 8 nitrogen and oxygen atoms in total. The molecule has 0 unspecified atom stereocenters. The third kappa shape index (κ3) is 3.59. The zero-order valence-corrected chi connectivity index (χ0v) is 15.6. The molecule has 0 atom stereocenters. The van der Waals surface area contributed by atoms with Crippen molar-refractivity contribution in [1.29, 1.82) is 0 Å². The molecule has 0 aliphatic carbocycles. The maximum Gasteiger partial charge on any atom is 0.274 e. The molecule has 3 aromatic rings. The van der Waals surface area contributed by atoms with Crippen LogP contribution < -0.4 is 11.1 Å². The number of fused-ring (bicyclic) bond motifs is 1. The number of carbonyl (C=O) groups excluding carboxylic acids is 1. The van der Waals surface area contributed by atoms with Crippen molar-refractivity contribution < 1.29 is 9.32 Å². The zero-order chi connectivity index (χ0) is 19.4. The third-order valence-electron chi connectivity index (χ3n) is 4.28. The lowest BCUT2D eigenvalue weighted by Gasteiger charge is -2.04. The molecular formula is C19H22N6O2. The smallest absolute Gasteiger partial charge is 0.274 e. The Morgan fingerprint density at radius 3 is 2.96 bits per heavy atom. The van der Waals surface area contributed by atoms with Crippen LogP contribution in [0, 0.1) is 6.92 Å². The number of aromatic nitrogens is 3. The Morgan fingerprint density at radius 1 is 1.44 bits per heavy atom. The van der Waals surface area contributed by atoms with Crippen LogP contribution in [0.1, 0.15) is 18.3 Å². The Labute approximate surface area is 156 Å². The summed E-state index contributed by atoms with van der Waals surface area (Å²) in [6, 6.07) is 8.23. The lowest BCUT2D eigenvalue weighted by atomic mass is 10.1. The van der Waals surface area contributed by atoms with E-state index >= 15 is 0 Å². The zero-order valence-electron chi connectivity index (χ0n) is 15.6. The average Bonchev–Trinajstić information content (AvgIpc) is 3.28. The predicted molar refractivity (Wildman–Crippen MR) is 104 cm³/mol. The molecule has 8 heteroatoms. The highest BCUT2D eigenvalue weighted by Crippen LogP contribution is 2.29. The Balaban J connectivity index is 1.83. The molecule has 140 valence electrons. The van der Waals surface area contributed by atoms with Crippen LogP contribution in [0.5, 0.6) is 0 Å². The molecule has 0 bridgehead atoms. The highest BCUT2D eigenvalue weighted by molar-refractivity contribution is 6.11. The number of carbonyl (C=O) groups is 1. The third-order valence-corrected chi connectivity index (χ3v) is 4.28. The maximum absolute atomic E-state index is 12.0. The number of hydrogen-bond donors (Lipinski definition) is 2. The van der Waals surface area contributed by atoms with Gasteiger partial charge in [-0.2, -0.15) is 4.98 Å². The van der Waals surface area contributed by atoms with Gasteiger partial charge in [0.05, 0.1) is 12.1 Å².